The number of nitrogens with one attached hydrogen (secondary N) is 1. The number of alkyl carbamates (subject to hydrolysis) is 1. The molecule has 188 valence electrons. The van der Waals surface area contributed by atoms with Crippen LogP contribution in [-0.4, -0.2) is 46.7 Å². The number of rotatable bonds is 4. The van der Waals surface area contributed by atoms with Crippen molar-refractivity contribution in [3.8, 4) is 5.75 Å². The summed E-state index contributed by atoms with van der Waals surface area (Å²) < 4.78 is 24.3. The predicted octanol–water partition coefficient (Wildman–Crippen LogP) is 3.88. The first-order valence-corrected chi connectivity index (χ1v) is 12.0. The number of pyridine rings is 1. The van der Waals surface area contributed by atoms with Crippen LogP contribution in [0.2, 0.25) is 5.02 Å². The molecule has 0 unspecified atom stereocenters. The molecule has 0 aliphatic carbocycles. The summed E-state index contributed by atoms with van der Waals surface area (Å²) in [7, 11) is -0.820. The number of carbonyl (C=O) groups excluding carboxylic acids is 1. The lowest BCUT2D eigenvalue weighted by atomic mass is 9.73. The average Bonchev–Trinajstić information content (AvgIpc) is 3.15. The van der Waals surface area contributed by atoms with Gasteiger partial charge in [-0.3, -0.25) is 4.98 Å². The van der Waals surface area contributed by atoms with E-state index in [1.165, 1.54) is 0 Å². The van der Waals surface area contributed by atoms with E-state index >= 15 is 0 Å². The molecule has 2 aliphatic rings. The van der Waals surface area contributed by atoms with E-state index in [1.54, 1.807) is 57.3 Å². The minimum atomic E-state index is -1.43. The summed E-state index contributed by atoms with van der Waals surface area (Å²) in [6.07, 6.45) is -0.273. The molecule has 0 bridgehead atoms. The molecule has 35 heavy (non-hydrogen) atoms. The molecule has 3 heterocycles. The van der Waals surface area contributed by atoms with E-state index in [4.69, 9.17) is 30.4 Å². The third kappa shape index (κ3) is 4.62. The van der Waals surface area contributed by atoms with Crippen molar-refractivity contribution >= 4 is 30.3 Å². The topological polar surface area (TPSA) is 99.1 Å². The fraction of sp³-hybridized carbons (Fsp3) is 0.520. The van der Waals surface area contributed by atoms with Gasteiger partial charge < -0.3 is 29.2 Å². The molecule has 2 aliphatic heterocycles. The maximum Gasteiger partial charge on any atom is 0.496 e. The van der Waals surface area contributed by atoms with Gasteiger partial charge in [-0.25, -0.2) is 4.79 Å². The predicted molar refractivity (Wildman–Crippen MR) is 133 cm³/mol. The van der Waals surface area contributed by atoms with Gasteiger partial charge >= 0.3 is 13.2 Å². The van der Waals surface area contributed by atoms with Gasteiger partial charge in [0.15, 0.2) is 5.60 Å². The SMILES string of the molecule is CC(C)(C)OC(=O)NC[C@]1(c2ccccn2)Oc2ccc(Cl)c(B3OC(C)(C)C(C)(C)O3)c2[C@@H]1O. The first-order chi connectivity index (χ1) is 16.2. The standard InChI is InChI=1S/C25H32BClN2O6/c1-22(2,3)33-21(31)29-14-25(17-10-8-9-13-28-17)20(30)18-16(32-25)12-11-15(27)19(18)26-34-23(4,5)24(6,7)35-26/h8-13,20,30H,14H2,1-7H3,(H,29,31)/t20-,25+/m0/s1. The van der Waals surface area contributed by atoms with E-state index in [2.05, 4.69) is 10.3 Å². The molecule has 1 amide bonds. The number of hydrogen-bond acceptors (Lipinski definition) is 7. The van der Waals surface area contributed by atoms with Crippen LogP contribution >= 0.6 is 11.6 Å². The summed E-state index contributed by atoms with van der Waals surface area (Å²) in [5, 5.41) is 14.9. The number of aromatic nitrogens is 1. The number of hydrogen-bond donors (Lipinski definition) is 2. The fourth-order valence-electron chi connectivity index (χ4n) is 4.19. The van der Waals surface area contributed by atoms with Crippen LogP contribution in [0.3, 0.4) is 0 Å². The largest absolute Gasteiger partial charge is 0.496 e. The minimum absolute atomic E-state index is 0.102. The molecular weight excluding hydrogens is 471 g/mol. The summed E-state index contributed by atoms with van der Waals surface area (Å²) >= 11 is 6.65. The summed E-state index contributed by atoms with van der Waals surface area (Å²) in [4.78, 5) is 16.9. The van der Waals surface area contributed by atoms with E-state index in [0.717, 1.165) is 0 Å². The average molecular weight is 503 g/mol. The maximum atomic E-state index is 12.5. The lowest BCUT2D eigenvalue weighted by molar-refractivity contribution is -0.0364. The van der Waals surface area contributed by atoms with Crippen LogP contribution in [0.1, 0.15) is 65.8 Å². The molecule has 1 aromatic heterocycles. The summed E-state index contributed by atoms with van der Waals surface area (Å²) in [5.74, 6) is 0.406. The lowest BCUT2D eigenvalue weighted by Crippen LogP contribution is -2.49. The van der Waals surface area contributed by atoms with Gasteiger partial charge in [0, 0.05) is 22.2 Å². The van der Waals surface area contributed by atoms with Crippen molar-refractivity contribution in [1.29, 1.82) is 0 Å². The Morgan fingerprint density at radius 2 is 1.83 bits per heavy atom. The number of aliphatic hydroxyl groups excluding tert-OH is 1. The normalized spacial score (nSPS) is 24.6. The van der Waals surface area contributed by atoms with Crippen molar-refractivity contribution in [2.75, 3.05) is 6.54 Å². The van der Waals surface area contributed by atoms with E-state index in [0.29, 0.717) is 27.5 Å². The van der Waals surface area contributed by atoms with E-state index in [9.17, 15) is 9.90 Å². The van der Waals surface area contributed by atoms with Crippen molar-refractivity contribution in [3.63, 3.8) is 0 Å². The number of halogens is 1. The van der Waals surface area contributed by atoms with Gasteiger partial charge in [0.05, 0.1) is 23.4 Å². The highest BCUT2D eigenvalue weighted by molar-refractivity contribution is 6.66. The second-order valence-corrected chi connectivity index (χ2v) is 11.3. The Morgan fingerprint density at radius 1 is 1.17 bits per heavy atom. The first kappa shape index (κ1) is 25.8. The van der Waals surface area contributed by atoms with Crippen LogP contribution in [0.4, 0.5) is 4.79 Å². The van der Waals surface area contributed by atoms with Crippen LogP contribution in [0.15, 0.2) is 36.5 Å². The van der Waals surface area contributed by atoms with E-state index < -0.39 is 41.7 Å². The van der Waals surface area contributed by atoms with Gasteiger partial charge in [-0.05, 0) is 72.7 Å². The van der Waals surface area contributed by atoms with Gasteiger partial charge in [-0.2, -0.15) is 0 Å². The molecule has 1 fully saturated rings. The number of aliphatic hydroxyl groups is 1. The summed E-state index contributed by atoms with van der Waals surface area (Å²) in [6, 6.07) is 8.66. The molecule has 0 saturated carbocycles. The Balaban J connectivity index is 1.75. The Kier molecular flexibility index (Phi) is 6.37. The Morgan fingerprint density at radius 3 is 2.40 bits per heavy atom. The van der Waals surface area contributed by atoms with Crippen molar-refractivity contribution in [3.05, 3.63) is 52.8 Å². The van der Waals surface area contributed by atoms with Crippen LogP contribution in [0.5, 0.6) is 5.75 Å². The molecule has 2 N–H and O–H groups in total. The number of benzene rings is 1. The smallest absolute Gasteiger partial charge is 0.476 e. The number of amides is 1. The molecule has 2 aromatic rings. The molecular formula is C25H32BClN2O6. The Hall–Kier alpha value is -2.33. The third-order valence-corrected chi connectivity index (χ3v) is 7.01. The fourth-order valence-corrected chi connectivity index (χ4v) is 4.45. The Bertz CT molecular complexity index is 1100. The third-order valence-electron chi connectivity index (χ3n) is 6.68. The number of fused-ring (bicyclic) bond motifs is 1. The highest BCUT2D eigenvalue weighted by atomic mass is 35.5. The zero-order chi connectivity index (χ0) is 25.8. The minimum Gasteiger partial charge on any atom is -0.476 e. The molecule has 1 aromatic carbocycles. The number of ether oxygens (including phenoxy) is 2. The van der Waals surface area contributed by atoms with Crippen molar-refractivity contribution in [2.45, 2.75) is 77.0 Å². The van der Waals surface area contributed by atoms with Gasteiger partial charge in [-0.1, -0.05) is 17.7 Å². The summed E-state index contributed by atoms with van der Waals surface area (Å²) in [6.45, 7) is 13.0. The van der Waals surface area contributed by atoms with Crippen LogP contribution < -0.4 is 15.5 Å². The van der Waals surface area contributed by atoms with E-state index in [-0.39, 0.29) is 6.54 Å². The highest BCUT2D eigenvalue weighted by Crippen LogP contribution is 2.49. The number of nitrogens with zero attached hydrogens (tertiary/aromatic N) is 1. The maximum absolute atomic E-state index is 12.5. The van der Waals surface area contributed by atoms with Crippen molar-refractivity contribution in [2.24, 2.45) is 0 Å². The first-order valence-electron chi connectivity index (χ1n) is 11.6. The lowest BCUT2D eigenvalue weighted by Gasteiger charge is -2.32. The van der Waals surface area contributed by atoms with Crippen LogP contribution in [0.25, 0.3) is 0 Å². The monoisotopic (exact) mass is 502 g/mol. The second-order valence-electron chi connectivity index (χ2n) is 10.9. The second kappa shape index (κ2) is 8.66. The van der Waals surface area contributed by atoms with Gasteiger partial charge in [0.25, 0.3) is 0 Å². The van der Waals surface area contributed by atoms with Gasteiger partial charge in [-0.15, -0.1) is 0 Å². The van der Waals surface area contributed by atoms with Crippen molar-refractivity contribution < 1.29 is 28.7 Å². The highest BCUT2D eigenvalue weighted by Gasteiger charge is 2.57. The molecule has 4 rings (SSSR count). The van der Waals surface area contributed by atoms with Crippen molar-refractivity contribution in [1.82, 2.24) is 10.3 Å². The van der Waals surface area contributed by atoms with Gasteiger partial charge in [0.1, 0.15) is 17.5 Å². The Labute approximate surface area is 211 Å². The quantitative estimate of drug-likeness (QED) is 0.612. The molecule has 8 nitrogen and oxygen atoms in total. The van der Waals surface area contributed by atoms with Crippen LogP contribution in [-0.2, 0) is 19.6 Å². The molecule has 0 spiro atoms. The van der Waals surface area contributed by atoms with Gasteiger partial charge in [0.2, 0.25) is 0 Å². The zero-order valence-corrected chi connectivity index (χ0v) is 21.9. The zero-order valence-electron chi connectivity index (χ0n) is 21.1. The van der Waals surface area contributed by atoms with Crippen LogP contribution in [0, 0.1) is 0 Å². The number of carbonyl (C=O) groups is 1. The molecule has 0 radical (unpaired) electrons. The molecule has 2 atom stereocenters. The molecule has 1 saturated heterocycles. The van der Waals surface area contributed by atoms with E-state index in [1.807, 2.05) is 27.7 Å². The molecule has 10 heteroatoms. The summed E-state index contributed by atoms with van der Waals surface area (Å²) in [5.41, 5.74) is -1.95.